The van der Waals surface area contributed by atoms with Gasteiger partial charge < -0.3 is 14.2 Å². The number of hydrogen-bond acceptors (Lipinski definition) is 7. The molecule has 0 unspecified atom stereocenters. The topological polar surface area (TPSA) is 65.0 Å². The van der Waals surface area contributed by atoms with E-state index in [4.69, 9.17) is 14.2 Å². The van der Waals surface area contributed by atoms with Crippen molar-refractivity contribution in [2.24, 2.45) is 5.10 Å². The van der Waals surface area contributed by atoms with E-state index in [0.29, 0.717) is 18.1 Å². The Labute approximate surface area is 162 Å². The van der Waals surface area contributed by atoms with E-state index in [-0.39, 0.29) is 0 Å². The van der Waals surface area contributed by atoms with Crippen LogP contribution in [0.1, 0.15) is 12.5 Å². The fraction of sp³-hybridized carbons (Fsp3) is 0.200. The number of methoxy groups -OCH3 is 2. The molecule has 0 aliphatic heterocycles. The number of hydrazone groups is 1. The van der Waals surface area contributed by atoms with E-state index in [0.717, 1.165) is 27.7 Å². The van der Waals surface area contributed by atoms with Crippen molar-refractivity contribution < 1.29 is 14.2 Å². The van der Waals surface area contributed by atoms with E-state index in [1.807, 2.05) is 54.8 Å². The minimum atomic E-state index is 0.655. The number of nitrogens with zero attached hydrogens (tertiary/aromatic N) is 2. The van der Waals surface area contributed by atoms with Gasteiger partial charge in [-0.1, -0.05) is 0 Å². The summed E-state index contributed by atoms with van der Waals surface area (Å²) < 4.78 is 16.0. The number of ether oxygens (including phenoxy) is 3. The van der Waals surface area contributed by atoms with Crippen LogP contribution < -0.4 is 19.6 Å². The van der Waals surface area contributed by atoms with Crippen LogP contribution in [0.25, 0.3) is 11.3 Å². The molecule has 27 heavy (non-hydrogen) atoms. The number of hydrogen-bond donors (Lipinski definition) is 1. The quantitative estimate of drug-likeness (QED) is 0.452. The van der Waals surface area contributed by atoms with Crippen LogP contribution in [0.5, 0.6) is 17.2 Å². The molecule has 1 N–H and O–H groups in total. The molecule has 7 heteroatoms. The standard InChI is InChI=1S/C20H21N3O3S/c1-4-26-16-8-6-15(7-9-16)17-13-27-20(22-17)23-21-12-14-5-10-18(24-2)19(11-14)25-3/h5-13H,4H2,1-3H3,(H,22,23)/b21-12+. The van der Waals surface area contributed by atoms with Crippen molar-refractivity contribution in [2.75, 3.05) is 26.3 Å². The number of aromatic nitrogens is 1. The smallest absolute Gasteiger partial charge is 0.203 e. The molecule has 3 aromatic rings. The first-order valence-corrected chi connectivity index (χ1v) is 9.31. The third-order valence-corrected chi connectivity index (χ3v) is 4.49. The van der Waals surface area contributed by atoms with Crippen LogP contribution in [0.3, 0.4) is 0 Å². The third kappa shape index (κ3) is 4.77. The Bertz CT molecular complexity index is 907. The van der Waals surface area contributed by atoms with E-state index in [2.05, 4.69) is 15.5 Å². The van der Waals surface area contributed by atoms with E-state index >= 15 is 0 Å². The zero-order valence-electron chi connectivity index (χ0n) is 15.4. The van der Waals surface area contributed by atoms with E-state index < -0.39 is 0 Å². The van der Waals surface area contributed by atoms with Gasteiger partial charge in [-0.3, -0.25) is 5.43 Å². The molecule has 140 valence electrons. The van der Waals surface area contributed by atoms with Crippen molar-refractivity contribution in [1.82, 2.24) is 4.98 Å². The van der Waals surface area contributed by atoms with Gasteiger partial charge in [0, 0.05) is 10.9 Å². The predicted molar refractivity (Wildman–Crippen MR) is 109 cm³/mol. The Morgan fingerprint density at radius 2 is 1.85 bits per heavy atom. The zero-order valence-corrected chi connectivity index (χ0v) is 16.2. The summed E-state index contributed by atoms with van der Waals surface area (Å²) in [5.41, 5.74) is 5.78. The zero-order chi connectivity index (χ0) is 19.1. The maximum absolute atomic E-state index is 5.46. The summed E-state index contributed by atoms with van der Waals surface area (Å²) in [5.74, 6) is 2.20. The lowest BCUT2D eigenvalue weighted by molar-refractivity contribution is 0.340. The number of rotatable bonds is 8. The molecular formula is C20H21N3O3S. The molecule has 1 aromatic heterocycles. The van der Waals surface area contributed by atoms with Crippen molar-refractivity contribution in [3.05, 3.63) is 53.4 Å². The van der Waals surface area contributed by atoms with E-state index in [9.17, 15) is 0 Å². The maximum atomic E-state index is 5.46. The molecule has 6 nitrogen and oxygen atoms in total. The van der Waals surface area contributed by atoms with Crippen molar-refractivity contribution in [3.63, 3.8) is 0 Å². The van der Waals surface area contributed by atoms with Crippen molar-refractivity contribution in [2.45, 2.75) is 6.92 Å². The summed E-state index contributed by atoms with van der Waals surface area (Å²) in [6, 6.07) is 13.5. The SMILES string of the molecule is CCOc1ccc(-c2csc(N/N=C/c3ccc(OC)c(OC)c3)n2)cc1. The van der Waals surface area contributed by atoms with Crippen LogP contribution in [0, 0.1) is 0 Å². The molecule has 2 aromatic carbocycles. The van der Waals surface area contributed by atoms with Crippen LogP contribution >= 0.6 is 11.3 Å². The summed E-state index contributed by atoms with van der Waals surface area (Å²) in [5, 5.41) is 6.95. The van der Waals surface area contributed by atoms with E-state index in [1.54, 1.807) is 20.4 Å². The molecule has 3 rings (SSSR count). The van der Waals surface area contributed by atoms with Gasteiger partial charge in [-0.15, -0.1) is 11.3 Å². The van der Waals surface area contributed by atoms with Gasteiger partial charge in [0.05, 0.1) is 32.7 Å². The number of benzene rings is 2. The molecule has 0 saturated carbocycles. The Kier molecular flexibility index (Phi) is 6.27. The number of thiazole rings is 1. The number of anilines is 1. The van der Waals surface area contributed by atoms with Crippen LogP contribution in [0.4, 0.5) is 5.13 Å². The molecule has 0 amide bonds. The molecule has 0 aliphatic rings. The van der Waals surface area contributed by atoms with Crippen LogP contribution in [0.2, 0.25) is 0 Å². The first-order valence-electron chi connectivity index (χ1n) is 8.43. The lowest BCUT2D eigenvalue weighted by Gasteiger charge is -2.07. The average molecular weight is 383 g/mol. The highest BCUT2D eigenvalue weighted by atomic mass is 32.1. The highest BCUT2D eigenvalue weighted by molar-refractivity contribution is 7.14. The minimum Gasteiger partial charge on any atom is -0.494 e. The van der Waals surface area contributed by atoms with Gasteiger partial charge in [-0.05, 0) is 55.0 Å². The summed E-state index contributed by atoms with van der Waals surface area (Å²) in [6.07, 6.45) is 1.71. The monoisotopic (exact) mass is 383 g/mol. The Morgan fingerprint density at radius 1 is 1.07 bits per heavy atom. The van der Waals surface area contributed by atoms with Crippen molar-refractivity contribution >= 4 is 22.7 Å². The molecule has 0 atom stereocenters. The minimum absolute atomic E-state index is 0.655. The Morgan fingerprint density at radius 3 is 2.56 bits per heavy atom. The molecule has 0 saturated heterocycles. The second-order valence-electron chi connectivity index (χ2n) is 5.48. The van der Waals surface area contributed by atoms with Crippen LogP contribution in [-0.4, -0.2) is 32.0 Å². The second-order valence-corrected chi connectivity index (χ2v) is 6.34. The highest BCUT2D eigenvalue weighted by Crippen LogP contribution is 2.28. The van der Waals surface area contributed by atoms with Gasteiger partial charge in [-0.25, -0.2) is 4.98 Å². The predicted octanol–water partition coefficient (Wildman–Crippen LogP) is 4.67. The number of nitrogens with one attached hydrogen (secondary N) is 1. The van der Waals surface area contributed by atoms with E-state index in [1.165, 1.54) is 11.3 Å². The third-order valence-electron chi connectivity index (χ3n) is 3.75. The second kappa shape index (κ2) is 9.05. The van der Waals surface area contributed by atoms with Gasteiger partial charge in [-0.2, -0.15) is 5.10 Å². The Hall–Kier alpha value is -3.06. The lowest BCUT2D eigenvalue weighted by Crippen LogP contribution is -1.94. The van der Waals surface area contributed by atoms with Crippen LogP contribution in [0.15, 0.2) is 52.9 Å². The van der Waals surface area contributed by atoms with Gasteiger partial charge in [0.1, 0.15) is 5.75 Å². The normalized spacial score (nSPS) is 10.8. The summed E-state index contributed by atoms with van der Waals surface area (Å²) in [6.45, 7) is 2.62. The van der Waals surface area contributed by atoms with Gasteiger partial charge in [0.25, 0.3) is 0 Å². The summed E-state index contributed by atoms with van der Waals surface area (Å²) in [4.78, 5) is 4.56. The molecule has 1 heterocycles. The first kappa shape index (κ1) is 18.7. The molecule has 0 spiro atoms. The molecular weight excluding hydrogens is 362 g/mol. The highest BCUT2D eigenvalue weighted by Gasteiger charge is 2.05. The van der Waals surface area contributed by atoms with Gasteiger partial charge >= 0.3 is 0 Å². The van der Waals surface area contributed by atoms with Crippen molar-refractivity contribution in [3.8, 4) is 28.5 Å². The summed E-state index contributed by atoms with van der Waals surface area (Å²) >= 11 is 1.50. The first-order chi connectivity index (χ1) is 13.2. The largest absolute Gasteiger partial charge is 0.494 e. The van der Waals surface area contributed by atoms with Gasteiger partial charge in [0.15, 0.2) is 11.5 Å². The van der Waals surface area contributed by atoms with Crippen LogP contribution in [-0.2, 0) is 0 Å². The fourth-order valence-electron chi connectivity index (χ4n) is 2.44. The molecule has 0 aliphatic carbocycles. The van der Waals surface area contributed by atoms with Gasteiger partial charge in [0.2, 0.25) is 5.13 Å². The lowest BCUT2D eigenvalue weighted by atomic mass is 10.2. The van der Waals surface area contributed by atoms with Crippen molar-refractivity contribution in [1.29, 1.82) is 0 Å². The molecule has 0 bridgehead atoms. The molecule has 0 fully saturated rings. The molecule has 0 radical (unpaired) electrons. The summed E-state index contributed by atoms with van der Waals surface area (Å²) in [7, 11) is 3.21. The Balaban J connectivity index is 1.65. The average Bonchev–Trinajstić information content (AvgIpc) is 3.17. The fourth-order valence-corrected chi connectivity index (χ4v) is 3.11. The maximum Gasteiger partial charge on any atom is 0.203 e.